The van der Waals surface area contributed by atoms with Crippen molar-refractivity contribution in [3.05, 3.63) is 23.8 Å². The van der Waals surface area contributed by atoms with Crippen molar-refractivity contribution in [2.45, 2.75) is 71.2 Å². The van der Waals surface area contributed by atoms with Gasteiger partial charge in [-0.25, -0.2) is 4.79 Å². The first-order valence-corrected chi connectivity index (χ1v) is 10.0. The number of esters is 3. The van der Waals surface area contributed by atoms with Crippen LogP contribution in [0.25, 0.3) is 0 Å². The van der Waals surface area contributed by atoms with E-state index < -0.39 is 17.7 Å². The lowest BCUT2D eigenvalue weighted by Gasteiger charge is -2.29. The van der Waals surface area contributed by atoms with Gasteiger partial charge in [-0.05, 0) is 38.5 Å². The fourth-order valence-corrected chi connectivity index (χ4v) is 3.68. The molecule has 0 saturated carbocycles. The van der Waals surface area contributed by atoms with E-state index in [0.717, 1.165) is 5.57 Å². The molecule has 7 heteroatoms. The number of hydrogen-bond donors (Lipinski definition) is 0. The lowest BCUT2D eigenvalue weighted by molar-refractivity contribution is -0.157. The highest BCUT2D eigenvalue weighted by Gasteiger charge is 2.64. The zero-order valence-corrected chi connectivity index (χ0v) is 18.0. The molecule has 2 aliphatic rings. The summed E-state index contributed by atoms with van der Waals surface area (Å²) in [5, 5.41) is 0. The van der Waals surface area contributed by atoms with Gasteiger partial charge in [0.15, 0.2) is 5.60 Å². The van der Waals surface area contributed by atoms with E-state index in [1.807, 2.05) is 13.0 Å². The topological polar surface area (TPSA) is 91.4 Å². The van der Waals surface area contributed by atoms with Crippen LogP contribution in [0.2, 0.25) is 0 Å². The quantitative estimate of drug-likeness (QED) is 0.289. The van der Waals surface area contributed by atoms with E-state index in [9.17, 15) is 14.4 Å². The van der Waals surface area contributed by atoms with E-state index in [2.05, 4.69) is 6.58 Å². The van der Waals surface area contributed by atoms with Crippen molar-refractivity contribution in [3.8, 4) is 0 Å². The average molecular weight is 408 g/mol. The summed E-state index contributed by atoms with van der Waals surface area (Å²) in [6.07, 6.45) is 3.07. The highest BCUT2D eigenvalue weighted by molar-refractivity contribution is 5.88. The largest absolute Gasteiger partial charge is 0.466 e. The number of fused-ring (bicyclic) bond motifs is 1. The summed E-state index contributed by atoms with van der Waals surface area (Å²) in [5.41, 5.74) is 0.602. The maximum absolute atomic E-state index is 12.1. The molecule has 1 fully saturated rings. The Balaban J connectivity index is 2.33. The zero-order valence-electron chi connectivity index (χ0n) is 18.0. The van der Waals surface area contributed by atoms with Crippen molar-refractivity contribution in [1.82, 2.24) is 0 Å². The molecule has 0 spiro atoms. The SMILES string of the molecule is C=C(C)[C@H]1C/C=C(/C(=O)OC)CC[C@H]2O[C@]2(COC(=O)C(C)C)[C@@H](OC(C)=O)C1. The van der Waals surface area contributed by atoms with E-state index in [4.69, 9.17) is 18.9 Å². The molecule has 7 nitrogen and oxygen atoms in total. The number of carbonyl (C=O) groups excluding carboxylic acids is 3. The molecule has 1 heterocycles. The van der Waals surface area contributed by atoms with Crippen LogP contribution in [-0.2, 0) is 33.3 Å². The predicted octanol–water partition coefficient (Wildman–Crippen LogP) is 3.12. The van der Waals surface area contributed by atoms with Crippen LogP contribution < -0.4 is 0 Å². The monoisotopic (exact) mass is 408 g/mol. The third-order valence-corrected chi connectivity index (χ3v) is 5.58. The Labute approximate surface area is 172 Å². The minimum atomic E-state index is -0.900. The molecular weight excluding hydrogens is 376 g/mol. The molecule has 162 valence electrons. The summed E-state index contributed by atoms with van der Waals surface area (Å²) in [4.78, 5) is 35.9. The molecule has 0 aromatic rings. The maximum atomic E-state index is 12.1. The van der Waals surface area contributed by atoms with Gasteiger partial charge in [0.05, 0.1) is 19.1 Å². The van der Waals surface area contributed by atoms with Gasteiger partial charge in [-0.2, -0.15) is 0 Å². The lowest BCUT2D eigenvalue weighted by Crippen LogP contribution is -2.42. The number of rotatable bonds is 6. The van der Waals surface area contributed by atoms with Crippen molar-refractivity contribution in [2.24, 2.45) is 11.8 Å². The summed E-state index contributed by atoms with van der Waals surface area (Å²) in [7, 11) is 1.36. The molecule has 1 aliphatic heterocycles. The molecule has 29 heavy (non-hydrogen) atoms. The minimum Gasteiger partial charge on any atom is -0.466 e. The molecule has 0 aromatic heterocycles. The third-order valence-electron chi connectivity index (χ3n) is 5.58. The Hall–Kier alpha value is -2.15. The van der Waals surface area contributed by atoms with Crippen LogP contribution in [0.4, 0.5) is 0 Å². The lowest BCUT2D eigenvalue weighted by atomic mass is 9.83. The average Bonchev–Trinajstić information content (AvgIpc) is 3.37. The fourth-order valence-electron chi connectivity index (χ4n) is 3.68. The third kappa shape index (κ3) is 5.69. The summed E-state index contributed by atoms with van der Waals surface area (Å²) in [5.74, 6) is -1.41. The molecule has 0 aromatic carbocycles. The molecule has 0 unspecified atom stereocenters. The van der Waals surface area contributed by atoms with E-state index in [1.54, 1.807) is 13.8 Å². The van der Waals surface area contributed by atoms with Crippen LogP contribution in [0.1, 0.15) is 53.4 Å². The van der Waals surface area contributed by atoms with Gasteiger partial charge in [0, 0.05) is 12.5 Å². The second-order valence-electron chi connectivity index (χ2n) is 8.20. The standard InChI is InChI=1S/C22H32O7/c1-13(2)17-8-7-16(21(25)26-6)9-10-18-22(29-18,12-27-20(24)14(3)4)19(11-17)28-15(5)23/h7,14,17-19H,1,8-12H2,2-6H3/b16-7+/t17-,18+,19-,22-/m0/s1. The number of allylic oxidation sites excluding steroid dienone is 2. The zero-order chi connectivity index (χ0) is 21.8. The van der Waals surface area contributed by atoms with Crippen molar-refractivity contribution < 1.29 is 33.3 Å². The van der Waals surface area contributed by atoms with Gasteiger partial charge in [-0.15, -0.1) is 0 Å². The second-order valence-corrected chi connectivity index (χ2v) is 8.20. The van der Waals surface area contributed by atoms with Gasteiger partial charge in [0.2, 0.25) is 0 Å². The maximum Gasteiger partial charge on any atom is 0.333 e. The van der Waals surface area contributed by atoms with E-state index in [-0.39, 0.29) is 36.5 Å². The van der Waals surface area contributed by atoms with Gasteiger partial charge in [-0.3, -0.25) is 9.59 Å². The van der Waals surface area contributed by atoms with Crippen LogP contribution in [0.3, 0.4) is 0 Å². The van der Waals surface area contributed by atoms with Gasteiger partial charge in [0.1, 0.15) is 12.7 Å². The van der Waals surface area contributed by atoms with Crippen molar-refractivity contribution in [1.29, 1.82) is 0 Å². The molecular formula is C22H32O7. The Bertz CT molecular complexity index is 693. The van der Waals surface area contributed by atoms with E-state index >= 15 is 0 Å². The minimum absolute atomic E-state index is 0.00675. The highest BCUT2D eigenvalue weighted by Crippen LogP contribution is 2.48. The summed E-state index contributed by atoms with van der Waals surface area (Å²) < 4.78 is 22.0. The molecule has 0 bridgehead atoms. The number of ether oxygens (including phenoxy) is 4. The molecule has 4 atom stereocenters. The highest BCUT2D eigenvalue weighted by atomic mass is 16.7. The van der Waals surface area contributed by atoms with Crippen LogP contribution in [-0.4, -0.2) is 49.4 Å². The Morgan fingerprint density at radius 3 is 2.55 bits per heavy atom. The van der Waals surface area contributed by atoms with Crippen LogP contribution in [0.5, 0.6) is 0 Å². The van der Waals surface area contributed by atoms with Gasteiger partial charge >= 0.3 is 17.9 Å². The fraction of sp³-hybridized carbons (Fsp3) is 0.682. The van der Waals surface area contributed by atoms with Gasteiger partial charge < -0.3 is 18.9 Å². The van der Waals surface area contributed by atoms with Gasteiger partial charge in [0.25, 0.3) is 0 Å². The smallest absolute Gasteiger partial charge is 0.333 e. The number of hydrogen-bond acceptors (Lipinski definition) is 7. The van der Waals surface area contributed by atoms with Crippen molar-refractivity contribution in [2.75, 3.05) is 13.7 Å². The number of methoxy groups -OCH3 is 1. The van der Waals surface area contributed by atoms with Gasteiger partial charge in [-0.1, -0.05) is 32.1 Å². The first kappa shape index (κ1) is 23.1. The van der Waals surface area contributed by atoms with Crippen molar-refractivity contribution >= 4 is 17.9 Å². The molecule has 2 rings (SSSR count). The summed E-state index contributed by atoms with van der Waals surface area (Å²) >= 11 is 0. The van der Waals surface area contributed by atoms with Crippen LogP contribution in [0.15, 0.2) is 23.8 Å². The number of epoxide rings is 1. The summed E-state index contributed by atoms with van der Waals surface area (Å²) in [6, 6.07) is 0. The van der Waals surface area contributed by atoms with Crippen LogP contribution >= 0.6 is 0 Å². The Morgan fingerprint density at radius 1 is 1.31 bits per heavy atom. The van der Waals surface area contributed by atoms with E-state index in [1.165, 1.54) is 14.0 Å². The normalized spacial score (nSPS) is 31.0. The number of carbonyl (C=O) groups is 3. The Kier molecular flexibility index (Phi) is 7.63. The Morgan fingerprint density at radius 2 is 2.00 bits per heavy atom. The van der Waals surface area contributed by atoms with Crippen molar-refractivity contribution in [3.63, 3.8) is 0 Å². The summed E-state index contributed by atoms with van der Waals surface area (Å²) in [6.45, 7) is 10.8. The molecule has 1 saturated heterocycles. The molecule has 0 amide bonds. The van der Waals surface area contributed by atoms with Crippen LogP contribution in [0, 0.1) is 11.8 Å². The molecule has 1 aliphatic carbocycles. The van der Waals surface area contributed by atoms with E-state index in [0.29, 0.717) is 31.3 Å². The second kappa shape index (κ2) is 9.57. The first-order chi connectivity index (χ1) is 13.6. The molecule has 0 N–H and O–H groups in total. The predicted molar refractivity (Wildman–Crippen MR) is 106 cm³/mol. The molecule has 0 radical (unpaired) electrons. The first-order valence-electron chi connectivity index (χ1n) is 10.0.